The molecule has 0 saturated carbocycles. The molecule has 3 aromatic carbocycles. The molecule has 0 spiro atoms. The lowest BCUT2D eigenvalue weighted by Crippen LogP contribution is -1.99. The second-order valence-corrected chi connectivity index (χ2v) is 8.40. The van der Waals surface area contributed by atoms with E-state index in [1.165, 1.54) is 18.3 Å². The number of fused-ring (bicyclic) bond motifs is 1. The van der Waals surface area contributed by atoms with Gasteiger partial charge in [0.05, 0.1) is 16.1 Å². The zero-order valence-corrected chi connectivity index (χ0v) is 18.6. The molecule has 8 nitrogen and oxygen atoms in total. The van der Waals surface area contributed by atoms with Crippen molar-refractivity contribution < 1.29 is 4.92 Å². The summed E-state index contributed by atoms with van der Waals surface area (Å²) in [6, 6.07) is 19.8. The molecule has 0 aliphatic rings. The second kappa shape index (κ2) is 8.76. The number of halogens is 1. The predicted octanol–water partition coefficient (Wildman–Crippen LogP) is 6.03. The SMILES string of the molecule is N=Cc1cc(Nc2nn(-c3cccc([N+](=O)[O-])c3)c3ccccc23)ccc1NPI. The summed E-state index contributed by atoms with van der Waals surface area (Å²) in [7, 11) is 0. The molecule has 4 rings (SSSR count). The van der Waals surface area contributed by atoms with Gasteiger partial charge in [-0.25, -0.2) is 4.68 Å². The fourth-order valence-electron chi connectivity index (χ4n) is 3.16. The number of non-ortho nitro benzene ring substituents is 1. The minimum atomic E-state index is -0.417. The highest BCUT2D eigenvalue weighted by atomic mass is 127. The summed E-state index contributed by atoms with van der Waals surface area (Å²) in [6.07, 6.45) is 1.82. The van der Waals surface area contributed by atoms with Crippen LogP contribution in [0.4, 0.5) is 22.9 Å². The molecule has 4 aromatic rings. The quantitative estimate of drug-likeness (QED) is 0.0889. The lowest BCUT2D eigenvalue weighted by molar-refractivity contribution is -0.384. The molecule has 1 heterocycles. The molecule has 0 radical (unpaired) electrons. The molecular weight excluding hydrogens is 514 g/mol. The maximum atomic E-state index is 11.2. The smallest absolute Gasteiger partial charge is 0.271 e. The summed E-state index contributed by atoms with van der Waals surface area (Å²) >= 11 is 2.25. The van der Waals surface area contributed by atoms with Gasteiger partial charge >= 0.3 is 0 Å². The van der Waals surface area contributed by atoms with Crippen molar-refractivity contribution in [2.24, 2.45) is 0 Å². The Morgan fingerprint density at radius 1 is 1.13 bits per heavy atom. The van der Waals surface area contributed by atoms with Gasteiger partial charge in [-0.15, -0.1) is 5.10 Å². The van der Waals surface area contributed by atoms with Crippen molar-refractivity contribution in [3.8, 4) is 5.69 Å². The summed E-state index contributed by atoms with van der Waals surface area (Å²) in [4.78, 5) is 10.8. The number of hydrogen-bond acceptors (Lipinski definition) is 6. The number of nitrogens with zero attached hydrogens (tertiary/aromatic N) is 3. The van der Waals surface area contributed by atoms with Crippen molar-refractivity contribution >= 4 is 68.4 Å². The van der Waals surface area contributed by atoms with Crippen molar-refractivity contribution in [1.82, 2.24) is 9.78 Å². The van der Waals surface area contributed by atoms with Gasteiger partial charge in [0, 0.05) is 47.0 Å². The molecule has 10 heteroatoms. The monoisotopic (exact) mass is 530 g/mol. The van der Waals surface area contributed by atoms with Gasteiger partial charge in [0.15, 0.2) is 5.82 Å². The van der Waals surface area contributed by atoms with E-state index in [9.17, 15) is 10.1 Å². The average molecular weight is 530 g/mol. The molecule has 30 heavy (non-hydrogen) atoms. The van der Waals surface area contributed by atoms with E-state index < -0.39 is 4.92 Å². The number of nitrogens with one attached hydrogen (secondary N) is 3. The van der Waals surface area contributed by atoms with Crippen molar-refractivity contribution in [2.75, 3.05) is 10.4 Å². The third kappa shape index (κ3) is 3.99. The van der Waals surface area contributed by atoms with Crippen molar-refractivity contribution in [2.45, 2.75) is 0 Å². The van der Waals surface area contributed by atoms with E-state index in [4.69, 9.17) is 5.41 Å². The van der Waals surface area contributed by atoms with Crippen LogP contribution < -0.4 is 10.4 Å². The molecule has 0 amide bonds. The highest BCUT2D eigenvalue weighted by Crippen LogP contribution is 2.31. The lowest BCUT2D eigenvalue weighted by Gasteiger charge is -2.10. The van der Waals surface area contributed by atoms with Crippen molar-refractivity contribution in [1.29, 1.82) is 5.41 Å². The predicted molar refractivity (Wildman–Crippen MR) is 131 cm³/mol. The van der Waals surface area contributed by atoms with Crippen LogP contribution in [-0.2, 0) is 0 Å². The first-order chi connectivity index (χ1) is 14.6. The summed E-state index contributed by atoms with van der Waals surface area (Å²) in [5.41, 5.74) is 3.91. The van der Waals surface area contributed by atoms with Crippen LogP contribution in [0.2, 0.25) is 0 Å². The van der Waals surface area contributed by atoms with E-state index in [0.717, 1.165) is 27.8 Å². The molecule has 0 fully saturated rings. The van der Waals surface area contributed by atoms with Crippen LogP contribution in [0.15, 0.2) is 66.7 Å². The molecule has 1 aromatic heterocycles. The first kappa shape index (κ1) is 20.2. The van der Waals surface area contributed by atoms with Crippen LogP contribution in [0.25, 0.3) is 16.6 Å². The maximum Gasteiger partial charge on any atom is 0.271 e. The largest absolute Gasteiger partial charge is 0.358 e. The Kier molecular flexibility index (Phi) is 5.91. The van der Waals surface area contributed by atoms with Gasteiger partial charge in [-0.3, -0.25) is 10.1 Å². The Morgan fingerprint density at radius 2 is 1.97 bits per heavy atom. The van der Waals surface area contributed by atoms with Crippen LogP contribution >= 0.6 is 28.4 Å². The van der Waals surface area contributed by atoms with Gasteiger partial charge in [-0.1, -0.05) is 18.2 Å². The molecule has 0 aliphatic heterocycles. The second-order valence-electron chi connectivity index (χ2n) is 6.35. The highest BCUT2D eigenvalue weighted by molar-refractivity contribution is 14.2. The van der Waals surface area contributed by atoms with Gasteiger partial charge < -0.3 is 15.8 Å². The van der Waals surface area contributed by atoms with E-state index in [1.54, 1.807) is 16.8 Å². The van der Waals surface area contributed by atoms with Crippen LogP contribution in [0.1, 0.15) is 5.56 Å². The lowest BCUT2D eigenvalue weighted by atomic mass is 10.1. The molecule has 3 N–H and O–H groups in total. The van der Waals surface area contributed by atoms with E-state index in [1.807, 2.05) is 42.5 Å². The summed E-state index contributed by atoms with van der Waals surface area (Å²) < 4.78 is 1.69. The Labute approximate surface area is 186 Å². The van der Waals surface area contributed by atoms with Gasteiger partial charge in [0.25, 0.3) is 5.69 Å². The van der Waals surface area contributed by atoms with Crippen LogP contribution in [0, 0.1) is 15.5 Å². The zero-order chi connectivity index (χ0) is 21.1. The van der Waals surface area contributed by atoms with E-state index in [2.05, 4.69) is 37.5 Å². The van der Waals surface area contributed by atoms with Crippen molar-refractivity contribution in [3.05, 3.63) is 82.4 Å². The Bertz CT molecular complexity index is 1260. The molecule has 150 valence electrons. The zero-order valence-electron chi connectivity index (χ0n) is 15.5. The molecule has 0 aliphatic carbocycles. The fourth-order valence-corrected chi connectivity index (χ4v) is 4.36. The summed E-state index contributed by atoms with van der Waals surface area (Å²) in [5, 5.41) is 31.0. The molecule has 1 unspecified atom stereocenters. The van der Waals surface area contributed by atoms with Gasteiger partial charge in [-0.2, -0.15) is 0 Å². The third-order valence-electron chi connectivity index (χ3n) is 4.52. The molecule has 0 bridgehead atoms. The number of nitro groups is 1. The van der Waals surface area contributed by atoms with Gasteiger partial charge in [0.2, 0.25) is 0 Å². The first-order valence-electron chi connectivity index (χ1n) is 8.86. The van der Waals surface area contributed by atoms with Crippen LogP contribution in [-0.4, -0.2) is 20.9 Å². The highest BCUT2D eigenvalue weighted by Gasteiger charge is 2.14. The van der Waals surface area contributed by atoms with Crippen LogP contribution in [0.5, 0.6) is 0 Å². The van der Waals surface area contributed by atoms with E-state index in [-0.39, 0.29) is 5.69 Å². The Hall–Kier alpha value is -3.04. The normalized spacial score (nSPS) is 11.1. The topological polar surface area (TPSA) is 109 Å². The number of aromatic nitrogens is 2. The summed E-state index contributed by atoms with van der Waals surface area (Å²) in [5.74, 6) is 0.629. The molecular formula is C20H16IN6O2P. The van der Waals surface area contributed by atoms with E-state index >= 15 is 0 Å². The minimum Gasteiger partial charge on any atom is -0.358 e. The average Bonchev–Trinajstić information content (AvgIpc) is 3.13. The fraction of sp³-hybridized carbons (Fsp3) is 0. The Morgan fingerprint density at radius 3 is 2.73 bits per heavy atom. The number of para-hydroxylation sites is 1. The number of nitro benzene ring substituents is 1. The standard InChI is InChI=1S/C20H16IN6O2P/c21-30-25-18-9-8-14(10-13(18)12-22)23-20-17-6-1-2-7-19(17)26(24-20)15-4-3-5-16(11-15)27(28)29/h1-12,22,25,30H,(H,23,24). The van der Waals surface area contributed by atoms with Gasteiger partial charge in [0.1, 0.15) is 0 Å². The maximum absolute atomic E-state index is 11.2. The van der Waals surface area contributed by atoms with Crippen molar-refractivity contribution in [3.63, 3.8) is 0 Å². The summed E-state index contributed by atoms with van der Waals surface area (Å²) in [6.45, 7) is 0. The Balaban J connectivity index is 1.77. The van der Waals surface area contributed by atoms with Crippen LogP contribution in [0.3, 0.4) is 0 Å². The molecule has 1 atom stereocenters. The van der Waals surface area contributed by atoms with Gasteiger partial charge in [-0.05, 0) is 58.4 Å². The third-order valence-corrected chi connectivity index (χ3v) is 5.70. The molecule has 0 saturated heterocycles. The number of rotatable bonds is 7. The first-order valence-corrected chi connectivity index (χ1v) is 13.0. The number of anilines is 3. The van der Waals surface area contributed by atoms with E-state index in [0.29, 0.717) is 17.9 Å². The number of hydrogen-bond donors (Lipinski definition) is 3. The minimum absolute atomic E-state index is 0.0104. The number of benzene rings is 3.